The summed E-state index contributed by atoms with van der Waals surface area (Å²) in [7, 11) is 4.05. The molecule has 0 spiro atoms. The second kappa shape index (κ2) is 9.67. The van der Waals surface area contributed by atoms with Gasteiger partial charge >= 0.3 is 0 Å². The maximum Gasteiger partial charge on any atom is 0.214 e. The highest BCUT2D eigenvalue weighted by Crippen LogP contribution is 2.21. The lowest BCUT2D eigenvalue weighted by Crippen LogP contribution is -2.39. The molecule has 0 aromatic carbocycles. The molecule has 0 saturated heterocycles. The molecule has 1 aliphatic carbocycles. The third-order valence-electron chi connectivity index (χ3n) is 4.88. The van der Waals surface area contributed by atoms with Crippen LogP contribution in [0.2, 0.25) is 0 Å². The molecule has 0 aliphatic heterocycles. The summed E-state index contributed by atoms with van der Waals surface area (Å²) in [5, 5.41) is 6.61. The highest BCUT2D eigenvalue weighted by atomic mass is 16.4. The Hall–Kier alpha value is -1.56. The Labute approximate surface area is 146 Å². The van der Waals surface area contributed by atoms with E-state index < -0.39 is 0 Å². The zero-order valence-corrected chi connectivity index (χ0v) is 15.7. The van der Waals surface area contributed by atoms with Crippen molar-refractivity contribution in [3.63, 3.8) is 0 Å². The van der Waals surface area contributed by atoms with E-state index in [1.165, 1.54) is 32.1 Å². The van der Waals surface area contributed by atoms with E-state index in [1.807, 2.05) is 13.8 Å². The number of guanidine groups is 1. The smallest absolute Gasteiger partial charge is 0.214 e. The highest BCUT2D eigenvalue weighted by Gasteiger charge is 2.17. The maximum atomic E-state index is 5.57. The summed E-state index contributed by atoms with van der Waals surface area (Å²) in [5.74, 6) is 2.37. The number of nitrogens with zero attached hydrogens (tertiary/aromatic N) is 3. The van der Waals surface area contributed by atoms with E-state index in [0.29, 0.717) is 12.4 Å². The van der Waals surface area contributed by atoms with Crippen LogP contribution < -0.4 is 10.6 Å². The lowest BCUT2D eigenvalue weighted by molar-refractivity contribution is 0.190. The van der Waals surface area contributed by atoms with Crippen LogP contribution in [-0.4, -0.2) is 49.1 Å². The average Bonchev–Trinajstić information content (AvgIpc) is 2.93. The molecule has 0 atom stereocenters. The topological polar surface area (TPSA) is 65.7 Å². The van der Waals surface area contributed by atoms with E-state index in [1.54, 1.807) is 7.05 Å². The van der Waals surface area contributed by atoms with Crippen molar-refractivity contribution >= 4 is 5.96 Å². The number of oxazole rings is 1. The first-order valence-corrected chi connectivity index (χ1v) is 9.18. The van der Waals surface area contributed by atoms with E-state index in [0.717, 1.165) is 43.0 Å². The average molecular weight is 335 g/mol. The third kappa shape index (κ3) is 5.82. The van der Waals surface area contributed by atoms with Crippen molar-refractivity contribution < 1.29 is 4.42 Å². The summed E-state index contributed by atoms with van der Waals surface area (Å²) in [6, 6.07) is 0.785. The fraction of sp³-hybridized carbons (Fsp3) is 0.778. The normalized spacial score (nSPS) is 16.6. The standard InChI is InChI=1S/C18H33N5O/c1-14-15(2)24-17(22-14)13-21-18(19-3)20-11-8-12-23(4)16-9-6-5-7-10-16/h16H,5-13H2,1-4H3,(H2,19,20,21). The molecule has 1 aromatic rings. The van der Waals surface area contributed by atoms with Crippen LogP contribution in [0, 0.1) is 13.8 Å². The van der Waals surface area contributed by atoms with Crippen LogP contribution >= 0.6 is 0 Å². The van der Waals surface area contributed by atoms with Crippen LogP contribution in [0.5, 0.6) is 0 Å². The van der Waals surface area contributed by atoms with Crippen LogP contribution in [0.1, 0.15) is 55.9 Å². The van der Waals surface area contributed by atoms with Gasteiger partial charge in [-0.25, -0.2) is 4.98 Å². The summed E-state index contributed by atoms with van der Waals surface area (Å²) in [5.41, 5.74) is 0.945. The van der Waals surface area contributed by atoms with Gasteiger partial charge in [-0.2, -0.15) is 0 Å². The molecule has 2 N–H and O–H groups in total. The summed E-state index contributed by atoms with van der Waals surface area (Å²) < 4.78 is 5.57. The first-order chi connectivity index (χ1) is 11.6. The van der Waals surface area contributed by atoms with E-state index in [4.69, 9.17) is 4.42 Å². The van der Waals surface area contributed by atoms with Crippen LogP contribution in [-0.2, 0) is 6.54 Å². The summed E-state index contributed by atoms with van der Waals surface area (Å²) in [6.45, 7) is 6.49. The minimum absolute atomic E-state index is 0.552. The molecule has 1 fully saturated rings. The van der Waals surface area contributed by atoms with Gasteiger partial charge in [0.2, 0.25) is 5.89 Å². The van der Waals surface area contributed by atoms with E-state index in [2.05, 4.69) is 32.6 Å². The molecule has 6 nitrogen and oxygen atoms in total. The van der Waals surface area contributed by atoms with Gasteiger partial charge in [0, 0.05) is 19.6 Å². The van der Waals surface area contributed by atoms with Crippen LogP contribution in [0.4, 0.5) is 0 Å². The maximum absolute atomic E-state index is 5.57. The number of aliphatic imine (C=N–C) groups is 1. The van der Waals surface area contributed by atoms with Gasteiger partial charge in [0.05, 0.1) is 12.2 Å². The Kier molecular flexibility index (Phi) is 7.56. The Morgan fingerprint density at radius 1 is 1.25 bits per heavy atom. The molecular weight excluding hydrogens is 302 g/mol. The molecular formula is C18H33N5O. The second-order valence-corrected chi connectivity index (χ2v) is 6.73. The molecule has 6 heteroatoms. The fourth-order valence-electron chi connectivity index (χ4n) is 3.23. The lowest BCUT2D eigenvalue weighted by atomic mass is 9.94. The molecule has 1 heterocycles. The first-order valence-electron chi connectivity index (χ1n) is 9.18. The quantitative estimate of drug-likeness (QED) is 0.455. The van der Waals surface area contributed by atoms with Gasteiger partial charge in [-0.05, 0) is 46.7 Å². The molecule has 2 rings (SSSR count). The predicted octanol–water partition coefficient (Wildman–Crippen LogP) is 2.61. The van der Waals surface area contributed by atoms with Crippen molar-refractivity contribution in [3.8, 4) is 0 Å². The first kappa shape index (κ1) is 18.8. The van der Waals surface area contributed by atoms with E-state index in [-0.39, 0.29) is 0 Å². The van der Waals surface area contributed by atoms with Crippen LogP contribution in [0.15, 0.2) is 9.41 Å². The van der Waals surface area contributed by atoms with Crippen molar-refractivity contribution in [2.75, 3.05) is 27.2 Å². The Morgan fingerprint density at radius 2 is 2.00 bits per heavy atom. The molecule has 0 amide bonds. The minimum Gasteiger partial charge on any atom is -0.444 e. The minimum atomic E-state index is 0.552. The molecule has 0 radical (unpaired) electrons. The van der Waals surface area contributed by atoms with E-state index >= 15 is 0 Å². The number of aromatic nitrogens is 1. The van der Waals surface area contributed by atoms with Crippen molar-refractivity contribution in [2.24, 2.45) is 4.99 Å². The number of hydrogen-bond donors (Lipinski definition) is 2. The number of hydrogen-bond acceptors (Lipinski definition) is 4. The van der Waals surface area contributed by atoms with Gasteiger partial charge in [0.15, 0.2) is 5.96 Å². The van der Waals surface area contributed by atoms with Gasteiger partial charge in [0.1, 0.15) is 5.76 Å². The van der Waals surface area contributed by atoms with Gasteiger partial charge < -0.3 is 20.0 Å². The Morgan fingerprint density at radius 3 is 2.62 bits per heavy atom. The number of rotatable bonds is 7. The molecule has 24 heavy (non-hydrogen) atoms. The van der Waals surface area contributed by atoms with Crippen molar-refractivity contribution in [3.05, 3.63) is 17.3 Å². The molecule has 1 saturated carbocycles. The molecule has 1 aromatic heterocycles. The molecule has 136 valence electrons. The Balaban J connectivity index is 1.62. The highest BCUT2D eigenvalue weighted by molar-refractivity contribution is 5.79. The van der Waals surface area contributed by atoms with E-state index in [9.17, 15) is 0 Å². The summed E-state index contributed by atoms with van der Waals surface area (Å²) >= 11 is 0. The van der Waals surface area contributed by atoms with Crippen molar-refractivity contribution in [2.45, 2.75) is 65.0 Å². The third-order valence-corrected chi connectivity index (χ3v) is 4.88. The summed E-state index contributed by atoms with van der Waals surface area (Å²) in [4.78, 5) is 11.1. The second-order valence-electron chi connectivity index (χ2n) is 6.73. The summed E-state index contributed by atoms with van der Waals surface area (Å²) in [6.07, 6.45) is 8.04. The lowest BCUT2D eigenvalue weighted by Gasteiger charge is -2.31. The predicted molar refractivity (Wildman–Crippen MR) is 98.3 cm³/mol. The van der Waals surface area contributed by atoms with Crippen molar-refractivity contribution in [1.29, 1.82) is 0 Å². The monoisotopic (exact) mass is 335 g/mol. The molecule has 0 unspecified atom stereocenters. The zero-order chi connectivity index (χ0) is 17.4. The number of nitrogens with one attached hydrogen (secondary N) is 2. The van der Waals surface area contributed by atoms with Crippen molar-refractivity contribution in [1.82, 2.24) is 20.5 Å². The fourth-order valence-corrected chi connectivity index (χ4v) is 3.23. The number of aryl methyl sites for hydroxylation is 2. The largest absolute Gasteiger partial charge is 0.444 e. The van der Waals surface area contributed by atoms with Crippen LogP contribution in [0.25, 0.3) is 0 Å². The van der Waals surface area contributed by atoms with Gasteiger partial charge in [-0.1, -0.05) is 19.3 Å². The van der Waals surface area contributed by atoms with Gasteiger partial charge in [-0.15, -0.1) is 0 Å². The van der Waals surface area contributed by atoms with Crippen LogP contribution in [0.3, 0.4) is 0 Å². The Bertz CT molecular complexity index is 500. The van der Waals surface area contributed by atoms with Gasteiger partial charge in [0.25, 0.3) is 0 Å². The molecule has 0 bridgehead atoms. The zero-order valence-electron chi connectivity index (χ0n) is 15.7. The SMILES string of the molecule is CN=C(NCCCN(C)C1CCCCC1)NCc1nc(C)c(C)o1. The van der Waals surface area contributed by atoms with Gasteiger partial charge in [-0.3, -0.25) is 4.99 Å². The molecule has 1 aliphatic rings.